The predicted molar refractivity (Wildman–Crippen MR) is 106 cm³/mol. The molecule has 2 heterocycles. The molecule has 0 aliphatic carbocycles. The van der Waals surface area contributed by atoms with Crippen molar-refractivity contribution in [2.24, 2.45) is 0 Å². The summed E-state index contributed by atoms with van der Waals surface area (Å²) in [5.74, 6) is 0.743. The summed E-state index contributed by atoms with van der Waals surface area (Å²) in [6.07, 6.45) is 4.96. The third-order valence-corrected chi connectivity index (χ3v) is 5.62. The van der Waals surface area contributed by atoms with Crippen LogP contribution in [0.1, 0.15) is 42.7 Å². The molecule has 0 saturated carbocycles. The number of piperidine rings is 1. The molecule has 0 spiro atoms. The van der Waals surface area contributed by atoms with Crippen LogP contribution in [0, 0.1) is 6.92 Å². The minimum atomic E-state index is 0.743. The first-order valence-electron chi connectivity index (χ1n) is 9.87. The van der Waals surface area contributed by atoms with Gasteiger partial charge in [0.25, 0.3) is 0 Å². The molecule has 0 amide bonds. The fraction of sp³-hybridized carbons (Fsp3) is 0.455. The Balaban J connectivity index is 1.20. The van der Waals surface area contributed by atoms with E-state index in [0.717, 1.165) is 29.9 Å². The first kappa shape index (κ1) is 17.2. The minimum absolute atomic E-state index is 0.743. The highest BCUT2D eigenvalue weighted by Gasteiger charge is 2.20. The Kier molecular flexibility index (Phi) is 5.30. The fourth-order valence-electron chi connectivity index (χ4n) is 4.09. The van der Waals surface area contributed by atoms with Crippen LogP contribution in [0.4, 0.5) is 0 Å². The molecule has 1 aliphatic rings. The topological polar surface area (TPSA) is 34.0 Å². The van der Waals surface area contributed by atoms with Crippen molar-refractivity contribution in [1.29, 1.82) is 0 Å². The lowest BCUT2D eigenvalue weighted by Gasteiger charge is -2.32. The van der Waals surface area contributed by atoms with E-state index in [2.05, 4.69) is 58.5 Å². The molecule has 3 aromatic rings. The molecule has 0 bridgehead atoms. The maximum Gasteiger partial charge on any atom is 0.113 e. The molecule has 1 aromatic heterocycles. The van der Waals surface area contributed by atoms with Gasteiger partial charge in [-0.25, -0.2) is 4.68 Å². The lowest BCUT2D eigenvalue weighted by molar-refractivity contribution is 0.207. The Bertz CT molecular complexity index is 846. The third-order valence-electron chi connectivity index (χ3n) is 5.62. The lowest BCUT2D eigenvalue weighted by Crippen LogP contribution is -2.33. The zero-order valence-electron chi connectivity index (χ0n) is 15.6. The highest BCUT2D eigenvalue weighted by molar-refractivity contribution is 5.73. The van der Waals surface area contributed by atoms with Crippen LogP contribution < -0.4 is 0 Å². The van der Waals surface area contributed by atoms with Crippen molar-refractivity contribution in [2.75, 3.05) is 19.6 Å². The average molecular weight is 348 g/mol. The van der Waals surface area contributed by atoms with Crippen molar-refractivity contribution in [3.63, 3.8) is 0 Å². The number of hydrogen-bond acceptors (Lipinski definition) is 3. The van der Waals surface area contributed by atoms with Gasteiger partial charge in [0.05, 0.1) is 5.52 Å². The molecular formula is C22H28N4. The molecule has 1 saturated heterocycles. The molecule has 26 heavy (non-hydrogen) atoms. The van der Waals surface area contributed by atoms with E-state index in [1.165, 1.54) is 50.0 Å². The van der Waals surface area contributed by atoms with Gasteiger partial charge < -0.3 is 4.90 Å². The fourth-order valence-corrected chi connectivity index (χ4v) is 4.09. The largest absolute Gasteiger partial charge is 0.303 e. The number of benzene rings is 2. The smallest absolute Gasteiger partial charge is 0.113 e. The van der Waals surface area contributed by atoms with Gasteiger partial charge in [-0.05, 0) is 75.9 Å². The summed E-state index contributed by atoms with van der Waals surface area (Å²) in [6, 6.07) is 17.3. The number of rotatable bonds is 6. The van der Waals surface area contributed by atoms with E-state index in [-0.39, 0.29) is 0 Å². The van der Waals surface area contributed by atoms with E-state index in [4.69, 9.17) is 0 Å². The highest BCUT2D eigenvalue weighted by atomic mass is 15.4. The number of hydrogen-bond donors (Lipinski definition) is 0. The molecule has 1 aliphatic heterocycles. The Morgan fingerprint density at radius 2 is 1.77 bits per heavy atom. The third kappa shape index (κ3) is 3.96. The van der Waals surface area contributed by atoms with Crippen LogP contribution in [-0.2, 0) is 6.54 Å². The maximum absolute atomic E-state index is 4.28. The van der Waals surface area contributed by atoms with Gasteiger partial charge >= 0.3 is 0 Å². The van der Waals surface area contributed by atoms with Gasteiger partial charge in [0.15, 0.2) is 0 Å². The second-order valence-electron chi connectivity index (χ2n) is 7.54. The SMILES string of the molecule is Cc1cccc(C2CCN(CCCCn3nnc4ccccc43)CC2)c1. The number of nitrogens with zero attached hydrogens (tertiary/aromatic N) is 4. The molecule has 136 valence electrons. The summed E-state index contributed by atoms with van der Waals surface area (Å²) in [6.45, 7) is 6.81. The quantitative estimate of drug-likeness (QED) is 0.619. The molecule has 0 atom stereocenters. The van der Waals surface area contributed by atoms with E-state index in [0.29, 0.717) is 0 Å². The van der Waals surface area contributed by atoms with Crippen molar-refractivity contribution in [3.05, 3.63) is 59.7 Å². The molecule has 2 aromatic carbocycles. The summed E-state index contributed by atoms with van der Waals surface area (Å²) < 4.78 is 2.04. The van der Waals surface area contributed by atoms with Crippen molar-refractivity contribution < 1.29 is 0 Å². The second kappa shape index (κ2) is 8.00. The Morgan fingerprint density at radius 3 is 2.62 bits per heavy atom. The van der Waals surface area contributed by atoms with Crippen LogP contribution in [0.2, 0.25) is 0 Å². The molecule has 1 fully saturated rings. The van der Waals surface area contributed by atoms with Crippen LogP contribution in [0.5, 0.6) is 0 Å². The summed E-state index contributed by atoms with van der Waals surface area (Å²) in [4.78, 5) is 2.63. The van der Waals surface area contributed by atoms with Crippen molar-refractivity contribution >= 4 is 11.0 Å². The van der Waals surface area contributed by atoms with Crippen molar-refractivity contribution in [2.45, 2.75) is 45.1 Å². The first-order valence-corrected chi connectivity index (χ1v) is 9.87. The average Bonchev–Trinajstić information content (AvgIpc) is 3.09. The predicted octanol–water partition coefficient (Wildman–Crippen LogP) is 4.40. The second-order valence-corrected chi connectivity index (χ2v) is 7.54. The number of aryl methyl sites for hydroxylation is 2. The highest BCUT2D eigenvalue weighted by Crippen LogP contribution is 2.28. The number of aromatic nitrogens is 3. The Labute approximate surface area is 155 Å². The van der Waals surface area contributed by atoms with E-state index < -0.39 is 0 Å². The Hall–Kier alpha value is -2.20. The summed E-state index contributed by atoms with van der Waals surface area (Å²) in [5.41, 5.74) is 5.05. The lowest BCUT2D eigenvalue weighted by atomic mass is 9.88. The zero-order chi connectivity index (χ0) is 17.8. The molecule has 0 radical (unpaired) electrons. The zero-order valence-corrected chi connectivity index (χ0v) is 15.6. The summed E-state index contributed by atoms with van der Waals surface area (Å²) in [7, 11) is 0. The molecule has 0 N–H and O–H groups in total. The van der Waals surface area contributed by atoms with Gasteiger partial charge in [0.1, 0.15) is 5.52 Å². The van der Waals surface area contributed by atoms with E-state index in [1.807, 2.05) is 16.8 Å². The van der Waals surface area contributed by atoms with Gasteiger partial charge in [0, 0.05) is 6.54 Å². The number of likely N-dealkylation sites (tertiary alicyclic amines) is 1. The van der Waals surface area contributed by atoms with E-state index in [1.54, 1.807) is 0 Å². The standard InChI is InChI=1S/C22H28N4/c1-18-7-6-8-20(17-18)19-11-15-25(16-12-19)13-4-5-14-26-22-10-3-2-9-21(22)23-24-26/h2-3,6-10,17,19H,4-5,11-16H2,1H3. The van der Waals surface area contributed by atoms with E-state index in [9.17, 15) is 0 Å². The van der Waals surface area contributed by atoms with Crippen LogP contribution in [-0.4, -0.2) is 39.5 Å². The van der Waals surface area contributed by atoms with Crippen LogP contribution in [0.3, 0.4) is 0 Å². The summed E-state index contributed by atoms with van der Waals surface area (Å²) in [5, 5.41) is 8.52. The van der Waals surface area contributed by atoms with Gasteiger partial charge in [-0.1, -0.05) is 47.2 Å². The molecule has 4 rings (SSSR count). The molecular weight excluding hydrogens is 320 g/mol. The number of fused-ring (bicyclic) bond motifs is 1. The van der Waals surface area contributed by atoms with Gasteiger partial charge in [-0.3, -0.25) is 0 Å². The minimum Gasteiger partial charge on any atom is -0.303 e. The molecule has 4 heteroatoms. The van der Waals surface area contributed by atoms with Crippen molar-refractivity contribution in [3.8, 4) is 0 Å². The Morgan fingerprint density at radius 1 is 0.962 bits per heavy atom. The number of unbranched alkanes of at least 4 members (excludes halogenated alkanes) is 1. The van der Waals surface area contributed by atoms with Crippen LogP contribution >= 0.6 is 0 Å². The summed E-state index contributed by atoms with van der Waals surface area (Å²) >= 11 is 0. The van der Waals surface area contributed by atoms with E-state index >= 15 is 0 Å². The maximum atomic E-state index is 4.28. The molecule has 4 nitrogen and oxygen atoms in total. The van der Waals surface area contributed by atoms with Crippen LogP contribution in [0.15, 0.2) is 48.5 Å². The normalized spacial score (nSPS) is 16.3. The van der Waals surface area contributed by atoms with Crippen molar-refractivity contribution in [1.82, 2.24) is 19.9 Å². The van der Waals surface area contributed by atoms with Gasteiger partial charge in [-0.2, -0.15) is 0 Å². The molecule has 0 unspecified atom stereocenters. The first-order chi connectivity index (χ1) is 12.8. The monoisotopic (exact) mass is 348 g/mol. The van der Waals surface area contributed by atoms with Gasteiger partial charge in [0.2, 0.25) is 0 Å². The van der Waals surface area contributed by atoms with Crippen LogP contribution in [0.25, 0.3) is 11.0 Å². The number of para-hydroxylation sites is 1. The van der Waals surface area contributed by atoms with Gasteiger partial charge in [-0.15, -0.1) is 5.10 Å².